The van der Waals surface area contributed by atoms with Crippen molar-refractivity contribution in [2.24, 2.45) is 10.6 Å². The van der Waals surface area contributed by atoms with Gasteiger partial charge < -0.3 is 4.74 Å². The Kier molecular flexibility index (Phi) is 4.51. The van der Waals surface area contributed by atoms with Gasteiger partial charge in [0.15, 0.2) is 0 Å². The lowest BCUT2D eigenvalue weighted by atomic mass is 9.86. The maximum atomic E-state index is 12.3. The molecule has 0 aromatic rings. The van der Waals surface area contributed by atoms with Gasteiger partial charge >= 0.3 is 5.97 Å². The van der Waals surface area contributed by atoms with Crippen LogP contribution in [0.3, 0.4) is 0 Å². The lowest BCUT2D eigenvalue weighted by Crippen LogP contribution is -2.38. The van der Waals surface area contributed by atoms with Gasteiger partial charge in [-0.1, -0.05) is 5.18 Å². The quantitative estimate of drug-likeness (QED) is 0.490. The van der Waals surface area contributed by atoms with Gasteiger partial charge in [0.25, 0.3) is 0 Å². The van der Waals surface area contributed by atoms with Crippen LogP contribution in [-0.4, -0.2) is 25.3 Å². The molecule has 0 saturated heterocycles. The molecule has 0 aliphatic rings. The molecule has 13 heavy (non-hydrogen) atoms. The fourth-order valence-corrected chi connectivity index (χ4v) is 0.806. The molecule has 0 rings (SSSR count). The predicted molar refractivity (Wildman–Crippen MR) is 46.0 cm³/mol. The van der Waals surface area contributed by atoms with E-state index in [4.69, 9.17) is 0 Å². The summed E-state index contributed by atoms with van der Waals surface area (Å²) in [6, 6.07) is -1.17. The first-order valence-electron chi connectivity index (χ1n) is 4.06. The van der Waals surface area contributed by atoms with E-state index in [0.717, 1.165) is 0 Å². The minimum absolute atomic E-state index is 0.208. The predicted octanol–water partition coefficient (Wildman–Crippen LogP) is 1.68. The van der Waals surface area contributed by atoms with Crippen LogP contribution in [0, 0.1) is 10.3 Å². The van der Waals surface area contributed by atoms with E-state index in [9.17, 15) is 14.1 Å². The summed E-state index contributed by atoms with van der Waals surface area (Å²) in [4.78, 5) is 21.4. The first-order chi connectivity index (χ1) is 6.00. The van der Waals surface area contributed by atoms with Crippen molar-refractivity contribution in [1.29, 1.82) is 0 Å². The zero-order chi connectivity index (χ0) is 10.5. The number of alkyl halides is 1. The van der Waals surface area contributed by atoms with Crippen LogP contribution in [-0.2, 0) is 9.53 Å². The number of carbonyl (C=O) groups is 1. The number of nitrogens with zero attached hydrogens (tertiary/aromatic N) is 1. The number of halogens is 1. The minimum Gasteiger partial charge on any atom is -0.466 e. The van der Waals surface area contributed by atoms with Gasteiger partial charge in [-0.15, -0.1) is 0 Å². The van der Waals surface area contributed by atoms with Gasteiger partial charge in [0.1, 0.15) is 12.7 Å². The summed E-state index contributed by atoms with van der Waals surface area (Å²) in [6.07, 6.45) is 0. The molecule has 4 nitrogen and oxygen atoms in total. The van der Waals surface area contributed by atoms with E-state index in [2.05, 4.69) is 9.91 Å². The molecule has 0 aromatic carbocycles. The lowest BCUT2D eigenvalue weighted by Gasteiger charge is -2.24. The van der Waals surface area contributed by atoms with Crippen molar-refractivity contribution in [2.75, 3.05) is 13.3 Å². The summed E-state index contributed by atoms with van der Waals surface area (Å²) >= 11 is 0. The monoisotopic (exact) mass is 191 g/mol. The standard InChI is InChI=1S/C8H14FNO3/c1-4-13-7(11)8(2,3)6(5-9)10-12/h6H,4-5H2,1-3H3. The molecule has 0 fully saturated rings. The summed E-state index contributed by atoms with van der Waals surface area (Å²) < 4.78 is 16.9. The van der Waals surface area contributed by atoms with E-state index in [1.165, 1.54) is 13.8 Å². The molecule has 0 spiro atoms. The van der Waals surface area contributed by atoms with E-state index in [-0.39, 0.29) is 6.61 Å². The molecule has 0 bridgehead atoms. The Morgan fingerprint density at radius 2 is 2.15 bits per heavy atom. The molecule has 0 radical (unpaired) electrons. The molecule has 0 heterocycles. The SMILES string of the molecule is CCOC(=O)C(C)(C)C(CF)N=O. The highest BCUT2D eigenvalue weighted by Gasteiger charge is 2.39. The number of esters is 1. The molecule has 1 unspecified atom stereocenters. The van der Waals surface area contributed by atoms with Crippen LogP contribution in [0.15, 0.2) is 5.18 Å². The van der Waals surface area contributed by atoms with Crippen molar-refractivity contribution in [3.63, 3.8) is 0 Å². The Labute approximate surface area is 76.4 Å². The van der Waals surface area contributed by atoms with Crippen molar-refractivity contribution in [2.45, 2.75) is 26.8 Å². The Hall–Kier alpha value is -1.00. The zero-order valence-electron chi connectivity index (χ0n) is 8.04. The first kappa shape index (κ1) is 12.0. The Bertz CT molecular complexity index is 194. The average molecular weight is 191 g/mol. The van der Waals surface area contributed by atoms with Crippen molar-refractivity contribution < 1.29 is 13.9 Å². The highest BCUT2D eigenvalue weighted by atomic mass is 19.1. The van der Waals surface area contributed by atoms with Crippen LogP contribution in [0.5, 0.6) is 0 Å². The lowest BCUT2D eigenvalue weighted by molar-refractivity contribution is -0.154. The molecule has 0 amide bonds. The molecule has 0 saturated carbocycles. The van der Waals surface area contributed by atoms with E-state index >= 15 is 0 Å². The van der Waals surface area contributed by atoms with E-state index in [0.29, 0.717) is 0 Å². The van der Waals surface area contributed by atoms with Crippen LogP contribution in [0.25, 0.3) is 0 Å². The molecule has 0 aromatic heterocycles. The summed E-state index contributed by atoms with van der Waals surface area (Å²) in [7, 11) is 0. The highest BCUT2D eigenvalue weighted by Crippen LogP contribution is 2.25. The molecule has 0 N–H and O–H groups in total. The largest absolute Gasteiger partial charge is 0.466 e. The Balaban J connectivity index is 4.51. The number of hydrogen-bond donors (Lipinski definition) is 0. The van der Waals surface area contributed by atoms with E-state index < -0.39 is 24.1 Å². The van der Waals surface area contributed by atoms with E-state index in [1.807, 2.05) is 0 Å². The topological polar surface area (TPSA) is 55.7 Å². The van der Waals surface area contributed by atoms with Crippen LogP contribution in [0.4, 0.5) is 4.39 Å². The number of ether oxygens (including phenoxy) is 1. The van der Waals surface area contributed by atoms with Gasteiger partial charge in [-0.05, 0) is 20.8 Å². The van der Waals surface area contributed by atoms with Crippen molar-refractivity contribution >= 4 is 5.97 Å². The molecular formula is C8H14FNO3. The van der Waals surface area contributed by atoms with Gasteiger partial charge in [-0.3, -0.25) is 4.79 Å². The normalized spacial score (nSPS) is 13.5. The van der Waals surface area contributed by atoms with Crippen LogP contribution in [0.2, 0.25) is 0 Å². The smallest absolute Gasteiger partial charge is 0.313 e. The molecule has 1 atom stereocenters. The maximum Gasteiger partial charge on any atom is 0.313 e. The Morgan fingerprint density at radius 3 is 2.46 bits per heavy atom. The number of hydrogen-bond acceptors (Lipinski definition) is 4. The third-order valence-electron chi connectivity index (χ3n) is 1.91. The van der Waals surface area contributed by atoms with Crippen molar-refractivity contribution in [3.05, 3.63) is 4.91 Å². The van der Waals surface area contributed by atoms with Gasteiger partial charge in [0, 0.05) is 0 Å². The maximum absolute atomic E-state index is 12.3. The van der Waals surface area contributed by atoms with Gasteiger partial charge in [0.2, 0.25) is 0 Å². The molecule has 0 aliphatic heterocycles. The minimum atomic E-state index is -1.19. The third-order valence-corrected chi connectivity index (χ3v) is 1.91. The fourth-order valence-electron chi connectivity index (χ4n) is 0.806. The summed E-state index contributed by atoms with van der Waals surface area (Å²) in [5.74, 6) is -0.600. The number of nitroso groups, excluding NO2 is 1. The van der Waals surface area contributed by atoms with E-state index in [1.54, 1.807) is 6.92 Å². The van der Waals surface area contributed by atoms with Crippen molar-refractivity contribution in [3.8, 4) is 0 Å². The summed E-state index contributed by atoms with van der Waals surface area (Å²) in [5, 5.41) is 2.56. The molecular weight excluding hydrogens is 177 g/mol. The second-order valence-electron chi connectivity index (χ2n) is 3.22. The summed E-state index contributed by atoms with van der Waals surface area (Å²) in [6.45, 7) is 3.79. The van der Waals surface area contributed by atoms with Crippen LogP contribution in [0.1, 0.15) is 20.8 Å². The fraction of sp³-hybridized carbons (Fsp3) is 0.875. The Morgan fingerprint density at radius 1 is 1.62 bits per heavy atom. The second-order valence-corrected chi connectivity index (χ2v) is 3.22. The van der Waals surface area contributed by atoms with Crippen LogP contribution >= 0.6 is 0 Å². The van der Waals surface area contributed by atoms with Gasteiger partial charge in [-0.2, -0.15) is 4.91 Å². The molecule has 76 valence electrons. The first-order valence-corrected chi connectivity index (χ1v) is 4.06. The third kappa shape index (κ3) is 2.75. The van der Waals surface area contributed by atoms with Gasteiger partial charge in [-0.25, -0.2) is 4.39 Å². The molecule has 0 aliphatic carbocycles. The number of carbonyl (C=O) groups excluding carboxylic acids is 1. The molecule has 5 heteroatoms. The number of rotatable bonds is 5. The van der Waals surface area contributed by atoms with Crippen molar-refractivity contribution in [1.82, 2.24) is 0 Å². The average Bonchev–Trinajstić information content (AvgIpc) is 2.06. The second kappa shape index (κ2) is 4.89. The van der Waals surface area contributed by atoms with Gasteiger partial charge in [0.05, 0.1) is 12.0 Å². The van der Waals surface area contributed by atoms with Crippen LogP contribution < -0.4 is 0 Å². The summed E-state index contributed by atoms with van der Waals surface area (Å²) in [5.41, 5.74) is -1.19. The highest BCUT2D eigenvalue weighted by molar-refractivity contribution is 5.76. The zero-order valence-corrected chi connectivity index (χ0v) is 8.04.